The second kappa shape index (κ2) is 7.16. The topological polar surface area (TPSA) is 49.8 Å². The zero-order chi connectivity index (χ0) is 17.2. The molecule has 0 aliphatic heterocycles. The van der Waals surface area contributed by atoms with Crippen molar-refractivity contribution in [3.63, 3.8) is 0 Å². The number of rotatable bonds is 5. The van der Waals surface area contributed by atoms with Crippen LogP contribution in [0.15, 0.2) is 24.3 Å². The van der Waals surface area contributed by atoms with Gasteiger partial charge in [0.1, 0.15) is 11.6 Å². The lowest BCUT2D eigenvalue weighted by Crippen LogP contribution is -2.23. The Morgan fingerprint density at radius 2 is 1.80 bits per heavy atom. The molecule has 4 rings (SSSR count). The van der Waals surface area contributed by atoms with E-state index in [9.17, 15) is 4.39 Å². The standard InChI is InChI=1S/C19H22ClFN4/c20-15-10-14(8-9-16(15)21)22-18-11-17(12-6-7-12)24-19(25-18)23-13-4-2-1-3-5-13/h8-13H,1-7H2,(H2,22,23,24,25). The highest BCUT2D eigenvalue weighted by Crippen LogP contribution is 2.40. The normalized spacial score (nSPS) is 18.2. The van der Waals surface area contributed by atoms with E-state index in [0.717, 1.165) is 17.2 Å². The van der Waals surface area contributed by atoms with E-state index < -0.39 is 5.82 Å². The molecule has 2 aliphatic carbocycles. The van der Waals surface area contributed by atoms with Crippen molar-refractivity contribution in [2.24, 2.45) is 0 Å². The molecule has 0 bridgehead atoms. The van der Waals surface area contributed by atoms with Crippen molar-refractivity contribution in [2.45, 2.75) is 56.9 Å². The smallest absolute Gasteiger partial charge is 0.225 e. The molecule has 2 N–H and O–H groups in total. The predicted octanol–water partition coefficient (Wildman–Crippen LogP) is 5.63. The highest BCUT2D eigenvalue weighted by molar-refractivity contribution is 6.31. The van der Waals surface area contributed by atoms with Crippen LogP contribution in [0.2, 0.25) is 5.02 Å². The number of anilines is 3. The van der Waals surface area contributed by atoms with Crippen molar-refractivity contribution in [1.82, 2.24) is 9.97 Å². The Bertz CT molecular complexity index is 757. The minimum Gasteiger partial charge on any atom is -0.351 e. The van der Waals surface area contributed by atoms with Crippen LogP contribution in [0.25, 0.3) is 0 Å². The zero-order valence-electron chi connectivity index (χ0n) is 14.1. The molecule has 0 spiro atoms. The second-order valence-corrected chi connectivity index (χ2v) is 7.42. The molecule has 2 saturated carbocycles. The lowest BCUT2D eigenvalue weighted by Gasteiger charge is -2.23. The summed E-state index contributed by atoms with van der Waals surface area (Å²) < 4.78 is 13.3. The molecule has 4 nitrogen and oxygen atoms in total. The van der Waals surface area contributed by atoms with E-state index in [4.69, 9.17) is 16.6 Å². The van der Waals surface area contributed by atoms with Crippen molar-refractivity contribution in [3.8, 4) is 0 Å². The number of aromatic nitrogens is 2. The molecule has 0 amide bonds. The molecular weight excluding hydrogens is 339 g/mol. The lowest BCUT2D eigenvalue weighted by molar-refractivity contribution is 0.460. The van der Waals surface area contributed by atoms with Gasteiger partial charge in [0.15, 0.2) is 0 Å². The summed E-state index contributed by atoms with van der Waals surface area (Å²) in [5, 5.41) is 6.83. The first-order valence-corrected chi connectivity index (χ1v) is 9.43. The van der Waals surface area contributed by atoms with Crippen LogP contribution in [-0.4, -0.2) is 16.0 Å². The zero-order valence-corrected chi connectivity index (χ0v) is 14.8. The SMILES string of the molecule is Fc1ccc(Nc2cc(C3CC3)nc(NC3CCCCC3)n2)cc1Cl. The quantitative estimate of drug-likeness (QED) is 0.725. The van der Waals surface area contributed by atoms with Crippen LogP contribution < -0.4 is 10.6 Å². The lowest BCUT2D eigenvalue weighted by atomic mass is 9.96. The van der Waals surface area contributed by atoms with Crippen LogP contribution in [0.4, 0.5) is 21.8 Å². The van der Waals surface area contributed by atoms with Crippen molar-refractivity contribution in [1.29, 1.82) is 0 Å². The molecule has 0 radical (unpaired) electrons. The van der Waals surface area contributed by atoms with Crippen LogP contribution in [0.5, 0.6) is 0 Å². The van der Waals surface area contributed by atoms with Gasteiger partial charge in [-0.15, -0.1) is 0 Å². The average molecular weight is 361 g/mol. The number of nitrogens with zero attached hydrogens (tertiary/aromatic N) is 2. The van der Waals surface area contributed by atoms with E-state index >= 15 is 0 Å². The monoisotopic (exact) mass is 360 g/mol. The van der Waals surface area contributed by atoms with Crippen LogP contribution in [0, 0.1) is 5.82 Å². The van der Waals surface area contributed by atoms with E-state index in [2.05, 4.69) is 15.6 Å². The molecule has 0 unspecified atom stereocenters. The number of halogens is 2. The van der Waals surface area contributed by atoms with Gasteiger partial charge in [-0.2, -0.15) is 4.98 Å². The third-order valence-electron chi connectivity index (χ3n) is 4.87. The van der Waals surface area contributed by atoms with E-state index in [1.54, 1.807) is 12.1 Å². The van der Waals surface area contributed by atoms with Crippen molar-refractivity contribution in [3.05, 3.63) is 40.8 Å². The molecule has 1 aromatic heterocycles. The van der Waals surface area contributed by atoms with E-state index in [0.29, 0.717) is 17.9 Å². The molecule has 25 heavy (non-hydrogen) atoms. The summed E-state index contributed by atoms with van der Waals surface area (Å²) >= 11 is 5.87. The first-order chi connectivity index (χ1) is 12.2. The van der Waals surface area contributed by atoms with Gasteiger partial charge in [-0.05, 0) is 43.9 Å². The maximum Gasteiger partial charge on any atom is 0.225 e. The summed E-state index contributed by atoms with van der Waals surface area (Å²) in [5.41, 5.74) is 1.79. The first kappa shape index (κ1) is 16.6. The summed E-state index contributed by atoms with van der Waals surface area (Å²) in [6, 6.07) is 7.03. The van der Waals surface area contributed by atoms with Gasteiger partial charge in [0.25, 0.3) is 0 Å². The molecule has 2 aliphatic rings. The van der Waals surface area contributed by atoms with E-state index in [1.807, 2.05) is 6.07 Å². The van der Waals surface area contributed by atoms with Crippen LogP contribution in [0.1, 0.15) is 56.6 Å². The predicted molar refractivity (Wildman–Crippen MR) is 99.2 cm³/mol. The molecule has 2 aromatic rings. The van der Waals surface area contributed by atoms with Gasteiger partial charge in [0, 0.05) is 23.7 Å². The Balaban J connectivity index is 1.56. The highest BCUT2D eigenvalue weighted by atomic mass is 35.5. The number of benzene rings is 1. The van der Waals surface area contributed by atoms with Gasteiger partial charge in [0.05, 0.1) is 10.7 Å². The highest BCUT2D eigenvalue weighted by Gasteiger charge is 2.26. The number of hydrogen-bond acceptors (Lipinski definition) is 4. The minimum atomic E-state index is -0.423. The fourth-order valence-electron chi connectivity index (χ4n) is 3.33. The fraction of sp³-hybridized carbons (Fsp3) is 0.474. The summed E-state index contributed by atoms with van der Waals surface area (Å²) in [6.45, 7) is 0. The summed E-state index contributed by atoms with van der Waals surface area (Å²) in [4.78, 5) is 9.33. The van der Waals surface area contributed by atoms with Crippen LogP contribution >= 0.6 is 11.6 Å². The van der Waals surface area contributed by atoms with Crippen molar-refractivity contribution >= 4 is 29.1 Å². The Hall–Kier alpha value is -1.88. The largest absolute Gasteiger partial charge is 0.351 e. The molecule has 132 valence electrons. The van der Waals surface area contributed by atoms with Crippen molar-refractivity contribution in [2.75, 3.05) is 10.6 Å². The maximum atomic E-state index is 13.3. The Morgan fingerprint density at radius 1 is 1.00 bits per heavy atom. The molecule has 6 heteroatoms. The number of nitrogens with one attached hydrogen (secondary N) is 2. The maximum absolute atomic E-state index is 13.3. The summed E-state index contributed by atoms with van der Waals surface area (Å²) in [7, 11) is 0. The third kappa shape index (κ3) is 4.21. The summed E-state index contributed by atoms with van der Waals surface area (Å²) in [6.07, 6.45) is 8.56. The molecule has 2 fully saturated rings. The average Bonchev–Trinajstić information content (AvgIpc) is 3.44. The van der Waals surface area contributed by atoms with Gasteiger partial charge < -0.3 is 10.6 Å². The van der Waals surface area contributed by atoms with Gasteiger partial charge in [-0.1, -0.05) is 30.9 Å². The minimum absolute atomic E-state index is 0.0991. The molecule has 0 saturated heterocycles. The van der Waals surface area contributed by atoms with Crippen molar-refractivity contribution < 1.29 is 4.39 Å². The molecule has 1 heterocycles. The Kier molecular flexibility index (Phi) is 4.75. The number of hydrogen-bond donors (Lipinski definition) is 2. The Morgan fingerprint density at radius 3 is 2.52 bits per heavy atom. The van der Waals surface area contributed by atoms with Gasteiger partial charge in [-0.25, -0.2) is 9.37 Å². The van der Waals surface area contributed by atoms with E-state index in [1.165, 1.54) is 51.0 Å². The Labute approximate surface area is 152 Å². The van der Waals surface area contributed by atoms with E-state index in [-0.39, 0.29) is 5.02 Å². The molecule has 1 aromatic carbocycles. The van der Waals surface area contributed by atoms with Gasteiger partial charge in [0.2, 0.25) is 5.95 Å². The fourth-order valence-corrected chi connectivity index (χ4v) is 3.51. The van der Waals surface area contributed by atoms with Gasteiger partial charge >= 0.3 is 0 Å². The van der Waals surface area contributed by atoms with Gasteiger partial charge in [-0.3, -0.25) is 0 Å². The molecular formula is C19H22ClFN4. The first-order valence-electron chi connectivity index (χ1n) is 9.05. The second-order valence-electron chi connectivity index (χ2n) is 7.01. The van der Waals surface area contributed by atoms with Crippen LogP contribution in [-0.2, 0) is 0 Å². The third-order valence-corrected chi connectivity index (χ3v) is 5.16. The summed E-state index contributed by atoms with van der Waals surface area (Å²) in [5.74, 6) is 1.52. The molecule has 0 atom stereocenters. The van der Waals surface area contributed by atoms with Crippen LogP contribution in [0.3, 0.4) is 0 Å².